The number of carbonyl (C=O) groups excluding carboxylic acids is 2. The average Bonchev–Trinajstić information content (AvgIpc) is 2.94. The van der Waals surface area contributed by atoms with E-state index in [-0.39, 0.29) is 17.4 Å². The van der Waals surface area contributed by atoms with Gasteiger partial charge in [-0.05, 0) is 31.7 Å². The van der Waals surface area contributed by atoms with Gasteiger partial charge in [0, 0.05) is 18.7 Å². The summed E-state index contributed by atoms with van der Waals surface area (Å²) in [5, 5.41) is 13.6. The predicted octanol–water partition coefficient (Wildman–Crippen LogP) is 3.49. The van der Waals surface area contributed by atoms with Crippen molar-refractivity contribution in [2.45, 2.75) is 63.4 Å². The Labute approximate surface area is 170 Å². The number of nitrogens with zero attached hydrogens (tertiary/aromatic N) is 3. The smallest absolute Gasteiger partial charge is 0.321 e. The van der Waals surface area contributed by atoms with Gasteiger partial charge in [-0.3, -0.25) is 10.1 Å². The van der Waals surface area contributed by atoms with Crippen molar-refractivity contribution < 1.29 is 9.59 Å². The van der Waals surface area contributed by atoms with Crippen LogP contribution in [0.25, 0.3) is 11.4 Å². The molecule has 152 valence electrons. The fraction of sp³-hybridized carbons (Fsp3) is 0.500. The number of urea groups is 1. The highest BCUT2D eigenvalue weighted by molar-refractivity contribution is 8.00. The Morgan fingerprint density at radius 2 is 1.68 bits per heavy atom. The second-order valence-electron chi connectivity index (χ2n) is 8.07. The third-order valence-corrected chi connectivity index (χ3v) is 5.29. The Kier molecular flexibility index (Phi) is 6.87. The second-order valence-corrected chi connectivity index (χ2v) is 9.38. The van der Waals surface area contributed by atoms with Gasteiger partial charge < -0.3 is 9.88 Å². The van der Waals surface area contributed by atoms with Gasteiger partial charge in [0.1, 0.15) is 0 Å². The van der Waals surface area contributed by atoms with Gasteiger partial charge in [-0.25, -0.2) is 4.79 Å². The number of imide groups is 1. The maximum absolute atomic E-state index is 12.2. The van der Waals surface area contributed by atoms with Crippen molar-refractivity contribution in [2.24, 2.45) is 7.05 Å². The van der Waals surface area contributed by atoms with Crippen LogP contribution in [-0.4, -0.2) is 38.0 Å². The fourth-order valence-electron chi connectivity index (χ4n) is 2.51. The molecular weight excluding hydrogens is 374 g/mol. The maximum Gasteiger partial charge on any atom is 0.321 e. The van der Waals surface area contributed by atoms with Crippen molar-refractivity contribution in [2.75, 3.05) is 0 Å². The van der Waals surface area contributed by atoms with E-state index in [2.05, 4.69) is 53.7 Å². The molecule has 0 saturated heterocycles. The first-order chi connectivity index (χ1) is 13.0. The van der Waals surface area contributed by atoms with Crippen LogP contribution in [0.2, 0.25) is 0 Å². The van der Waals surface area contributed by atoms with E-state index in [4.69, 9.17) is 0 Å². The lowest BCUT2D eigenvalue weighted by molar-refractivity contribution is -0.119. The number of nitrogens with one attached hydrogen (secondary N) is 2. The van der Waals surface area contributed by atoms with E-state index in [1.165, 1.54) is 17.3 Å². The predicted molar refractivity (Wildman–Crippen MR) is 112 cm³/mol. The Bertz CT molecular complexity index is 837. The fourth-order valence-corrected chi connectivity index (χ4v) is 3.33. The first-order valence-electron chi connectivity index (χ1n) is 9.27. The van der Waals surface area contributed by atoms with Gasteiger partial charge >= 0.3 is 6.03 Å². The molecule has 0 radical (unpaired) electrons. The summed E-state index contributed by atoms with van der Waals surface area (Å²) in [6, 6.07) is 7.73. The molecule has 0 fully saturated rings. The largest absolute Gasteiger partial charge is 0.336 e. The molecule has 0 saturated carbocycles. The molecule has 1 aromatic heterocycles. The Morgan fingerprint density at radius 3 is 2.21 bits per heavy atom. The third-order valence-electron chi connectivity index (χ3n) is 4.15. The van der Waals surface area contributed by atoms with Crippen LogP contribution in [0.5, 0.6) is 0 Å². The van der Waals surface area contributed by atoms with Crippen molar-refractivity contribution in [1.82, 2.24) is 25.4 Å². The van der Waals surface area contributed by atoms with E-state index >= 15 is 0 Å². The summed E-state index contributed by atoms with van der Waals surface area (Å²) in [5.74, 6) is 0.357. The number of hydrogen-bond donors (Lipinski definition) is 2. The lowest BCUT2D eigenvalue weighted by atomic mass is 9.87. The minimum atomic E-state index is -0.495. The maximum atomic E-state index is 12.2. The van der Waals surface area contributed by atoms with Crippen molar-refractivity contribution in [3.63, 3.8) is 0 Å². The molecule has 0 spiro atoms. The minimum Gasteiger partial charge on any atom is -0.336 e. The van der Waals surface area contributed by atoms with Gasteiger partial charge in [-0.1, -0.05) is 56.8 Å². The zero-order valence-corrected chi connectivity index (χ0v) is 18.3. The number of hydrogen-bond acceptors (Lipinski definition) is 5. The second kappa shape index (κ2) is 8.77. The molecule has 0 aliphatic heterocycles. The highest BCUT2D eigenvalue weighted by Crippen LogP contribution is 2.28. The number of amides is 3. The topological polar surface area (TPSA) is 88.9 Å². The normalized spacial score (nSPS) is 12.7. The summed E-state index contributed by atoms with van der Waals surface area (Å²) in [6.07, 6.45) is 0. The molecule has 1 atom stereocenters. The Balaban J connectivity index is 2.08. The lowest BCUT2D eigenvalue weighted by Crippen LogP contribution is -2.45. The van der Waals surface area contributed by atoms with Crippen LogP contribution >= 0.6 is 11.8 Å². The van der Waals surface area contributed by atoms with E-state index in [0.29, 0.717) is 5.16 Å². The molecule has 1 heterocycles. The number of aromatic nitrogens is 3. The molecule has 2 rings (SSSR count). The standard InChI is InChI=1S/C20H29N5O2S/c1-12(2)21-18(27)22-17(26)13(3)28-19-24-23-16(25(19)7)14-8-10-15(11-9-14)20(4,5)6/h8-13H,1-7H3,(H2,21,22,26,27)/t13-/m0/s1. The van der Waals surface area contributed by atoms with Crippen LogP contribution in [-0.2, 0) is 17.3 Å². The van der Waals surface area contributed by atoms with Crippen molar-refractivity contribution in [3.8, 4) is 11.4 Å². The number of rotatable bonds is 5. The van der Waals surface area contributed by atoms with Crippen LogP contribution < -0.4 is 10.6 Å². The monoisotopic (exact) mass is 403 g/mol. The summed E-state index contributed by atoms with van der Waals surface area (Å²) < 4.78 is 1.86. The molecule has 28 heavy (non-hydrogen) atoms. The van der Waals surface area contributed by atoms with Gasteiger partial charge in [0.15, 0.2) is 11.0 Å². The van der Waals surface area contributed by atoms with Crippen LogP contribution in [0.15, 0.2) is 29.4 Å². The SMILES string of the molecule is CC(C)NC(=O)NC(=O)[C@H](C)Sc1nnc(-c2ccc(C(C)(C)C)cc2)n1C. The summed E-state index contributed by atoms with van der Waals surface area (Å²) in [7, 11) is 1.87. The Hall–Kier alpha value is -2.35. The first-order valence-corrected chi connectivity index (χ1v) is 10.2. The highest BCUT2D eigenvalue weighted by Gasteiger charge is 2.21. The zero-order chi connectivity index (χ0) is 21.1. The van der Waals surface area contributed by atoms with E-state index in [1.54, 1.807) is 6.92 Å². The van der Waals surface area contributed by atoms with Gasteiger partial charge in [-0.2, -0.15) is 0 Å². The number of carbonyl (C=O) groups is 2. The molecule has 0 bridgehead atoms. The van der Waals surface area contributed by atoms with Gasteiger partial charge in [-0.15, -0.1) is 10.2 Å². The molecule has 0 unspecified atom stereocenters. The quantitative estimate of drug-likeness (QED) is 0.746. The average molecular weight is 404 g/mol. The van der Waals surface area contributed by atoms with Crippen molar-refractivity contribution in [1.29, 1.82) is 0 Å². The van der Waals surface area contributed by atoms with E-state index < -0.39 is 11.3 Å². The number of thioether (sulfide) groups is 1. The molecule has 8 heteroatoms. The minimum absolute atomic E-state index is 0.0401. The van der Waals surface area contributed by atoms with Gasteiger partial charge in [0.2, 0.25) is 5.91 Å². The van der Waals surface area contributed by atoms with Gasteiger partial charge in [0.25, 0.3) is 0 Å². The first kappa shape index (κ1) is 21.9. The zero-order valence-electron chi connectivity index (χ0n) is 17.5. The molecule has 0 aliphatic rings. The van der Waals surface area contributed by atoms with Crippen LogP contribution in [0.3, 0.4) is 0 Å². The molecule has 0 aliphatic carbocycles. The van der Waals surface area contributed by atoms with E-state index in [1.807, 2.05) is 37.6 Å². The van der Waals surface area contributed by atoms with Gasteiger partial charge in [0.05, 0.1) is 5.25 Å². The lowest BCUT2D eigenvalue weighted by Gasteiger charge is -2.19. The van der Waals surface area contributed by atoms with Crippen LogP contribution in [0.4, 0.5) is 4.79 Å². The summed E-state index contributed by atoms with van der Waals surface area (Å²) in [5.41, 5.74) is 2.30. The molecule has 1 aromatic carbocycles. The summed E-state index contributed by atoms with van der Waals surface area (Å²) >= 11 is 1.26. The summed E-state index contributed by atoms with van der Waals surface area (Å²) in [6.45, 7) is 11.9. The molecule has 7 nitrogen and oxygen atoms in total. The third kappa shape index (κ3) is 5.58. The molecule has 2 N–H and O–H groups in total. The van der Waals surface area contributed by atoms with E-state index in [0.717, 1.165) is 11.4 Å². The van der Waals surface area contributed by atoms with Crippen LogP contribution in [0.1, 0.15) is 47.1 Å². The molecule has 3 amide bonds. The Morgan fingerprint density at radius 1 is 1.07 bits per heavy atom. The van der Waals surface area contributed by atoms with E-state index in [9.17, 15) is 9.59 Å². The van der Waals surface area contributed by atoms with Crippen molar-refractivity contribution >= 4 is 23.7 Å². The molecule has 2 aromatic rings. The molecular formula is C20H29N5O2S. The summed E-state index contributed by atoms with van der Waals surface area (Å²) in [4.78, 5) is 23.9. The highest BCUT2D eigenvalue weighted by atomic mass is 32.2. The van der Waals surface area contributed by atoms with Crippen LogP contribution in [0, 0.1) is 0 Å². The van der Waals surface area contributed by atoms with Crippen molar-refractivity contribution in [3.05, 3.63) is 29.8 Å². The number of benzene rings is 1.